The first-order valence-corrected chi connectivity index (χ1v) is 8.62. The second kappa shape index (κ2) is 6.57. The number of H-pyrrole nitrogens is 1. The van der Waals surface area contributed by atoms with Gasteiger partial charge in [-0.15, -0.1) is 0 Å². The molecule has 0 saturated carbocycles. The largest absolute Gasteiger partial charge is 0.385 e. The van der Waals surface area contributed by atoms with E-state index in [-0.39, 0.29) is 11.7 Å². The number of piperidine rings is 1. The number of nitrogens with zero attached hydrogens (tertiary/aromatic N) is 4. The predicted octanol–water partition coefficient (Wildman–Crippen LogP) is 2.38. The molecule has 7 heteroatoms. The number of nitrogens with one attached hydrogen (secondary N) is 1. The lowest BCUT2D eigenvalue weighted by molar-refractivity contribution is 0.0486. The Morgan fingerprint density at radius 2 is 2.16 bits per heavy atom. The van der Waals surface area contributed by atoms with Crippen molar-refractivity contribution in [3.8, 4) is 0 Å². The molecule has 25 heavy (non-hydrogen) atoms. The molecule has 3 aromatic rings. The first kappa shape index (κ1) is 16.2. The average Bonchev–Trinajstić information content (AvgIpc) is 3.21. The van der Waals surface area contributed by atoms with Crippen molar-refractivity contribution in [2.45, 2.75) is 25.5 Å². The third kappa shape index (κ3) is 3.17. The van der Waals surface area contributed by atoms with Gasteiger partial charge in [0.1, 0.15) is 23.3 Å². The molecule has 1 saturated heterocycles. The lowest BCUT2D eigenvalue weighted by Crippen LogP contribution is -2.35. The Labute approximate surface area is 145 Å². The molecule has 6 nitrogen and oxygen atoms in total. The standard InChI is InChI=1S/C18H22FN5O/c1-23-10-7-20-18(23)17(25)12-5-8-24(9-6-12)11-15-21-14-4-2-3-13(19)16(14)22-15/h2-4,7,10,12,17,25H,5-6,8-9,11H2,1H3,(H,21,22). The van der Waals surface area contributed by atoms with Gasteiger partial charge < -0.3 is 14.7 Å². The fourth-order valence-electron chi connectivity index (χ4n) is 3.63. The van der Waals surface area contributed by atoms with Crippen molar-refractivity contribution >= 4 is 11.0 Å². The Morgan fingerprint density at radius 1 is 1.36 bits per heavy atom. The molecule has 1 fully saturated rings. The van der Waals surface area contributed by atoms with Crippen molar-refractivity contribution in [1.82, 2.24) is 24.4 Å². The Hall–Kier alpha value is -2.25. The number of benzene rings is 1. The van der Waals surface area contributed by atoms with Crippen molar-refractivity contribution in [2.24, 2.45) is 13.0 Å². The Balaban J connectivity index is 1.38. The van der Waals surface area contributed by atoms with E-state index in [0.717, 1.165) is 43.1 Å². The topological polar surface area (TPSA) is 70.0 Å². The van der Waals surface area contributed by atoms with Gasteiger partial charge >= 0.3 is 0 Å². The fourth-order valence-corrected chi connectivity index (χ4v) is 3.63. The molecule has 2 aromatic heterocycles. The van der Waals surface area contributed by atoms with Gasteiger partial charge in [-0.3, -0.25) is 4.90 Å². The molecule has 132 valence electrons. The molecule has 1 aliphatic rings. The van der Waals surface area contributed by atoms with E-state index < -0.39 is 6.10 Å². The minimum atomic E-state index is -0.526. The molecule has 1 atom stereocenters. The first-order chi connectivity index (χ1) is 12.1. The zero-order valence-electron chi connectivity index (χ0n) is 14.2. The van der Waals surface area contributed by atoms with Crippen molar-refractivity contribution in [3.63, 3.8) is 0 Å². The summed E-state index contributed by atoms with van der Waals surface area (Å²) in [7, 11) is 1.90. The van der Waals surface area contributed by atoms with Gasteiger partial charge in [-0.05, 0) is 44.0 Å². The summed E-state index contributed by atoms with van der Waals surface area (Å²) in [5.74, 6) is 1.43. The number of aliphatic hydroxyl groups is 1. The van der Waals surface area contributed by atoms with Gasteiger partial charge in [0, 0.05) is 19.4 Å². The highest BCUT2D eigenvalue weighted by molar-refractivity contribution is 5.75. The summed E-state index contributed by atoms with van der Waals surface area (Å²) < 4.78 is 15.6. The molecule has 0 aliphatic carbocycles. The second-order valence-corrected chi connectivity index (χ2v) is 6.77. The quantitative estimate of drug-likeness (QED) is 0.763. The number of likely N-dealkylation sites (tertiary alicyclic amines) is 1. The number of aromatic amines is 1. The normalized spacial score (nSPS) is 18.0. The number of fused-ring (bicyclic) bond motifs is 1. The minimum Gasteiger partial charge on any atom is -0.385 e. The molecular weight excluding hydrogens is 321 g/mol. The van der Waals surface area contributed by atoms with Gasteiger partial charge in [0.15, 0.2) is 5.82 Å². The number of aromatic nitrogens is 4. The number of hydrogen-bond acceptors (Lipinski definition) is 4. The van der Waals surface area contributed by atoms with E-state index in [1.54, 1.807) is 12.3 Å². The Morgan fingerprint density at radius 3 is 2.84 bits per heavy atom. The van der Waals surface area contributed by atoms with Crippen LogP contribution in [0.1, 0.15) is 30.6 Å². The fraction of sp³-hybridized carbons (Fsp3) is 0.444. The van der Waals surface area contributed by atoms with Gasteiger partial charge in [0.05, 0.1) is 12.1 Å². The summed E-state index contributed by atoms with van der Waals surface area (Å²) >= 11 is 0. The van der Waals surface area contributed by atoms with Crippen LogP contribution in [0.4, 0.5) is 4.39 Å². The highest BCUT2D eigenvalue weighted by Crippen LogP contribution is 2.30. The van der Waals surface area contributed by atoms with E-state index in [2.05, 4.69) is 19.9 Å². The lowest BCUT2D eigenvalue weighted by atomic mass is 9.90. The van der Waals surface area contributed by atoms with Gasteiger partial charge in [0.2, 0.25) is 0 Å². The molecule has 1 aliphatic heterocycles. The summed E-state index contributed by atoms with van der Waals surface area (Å²) in [4.78, 5) is 14.1. The smallest absolute Gasteiger partial charge is 0.151 e. The summed E-state index contributed by atoms with van der Waals surface area (Å²) in [5.41, 5.74) is 1.13. The molecular formula is C18H22FN5O. The number of aliphatic hydroxyl groups excluding tert-OH is 1. The molecule has 0 radical (unpaired) electrons. The van der Waals surface area contributed by atoms with Crippen LogP contribution in [-0.4, -0.2) is 42.6 Å². The number of aryl methyl sites for hydroxylation is 1. The van der Waals surface area contributed by atoms with Crippen LogP contribution in [-0.2, 0) is 13.6 Å². The van der Waals surface area contributed by atoms with Crippen molar-refractivity contribution < 1.29 is 9.50 Å². The molecule has 0 amide bonds. The van der Waals surface area contributed by atoms with E-state index in [1.165, 1.54) is 6.07 Å². The molecule has 1 aromatic carbocycles. The SMILES string of the molecule is Cn1ccnc1C(O)C1CCN(Cc2nc3c(F)cccc3[nH]2)CC1. The summed E-state index contributed by atoms with van der Waals surface area (Å²) in [5, 5.41) is 10.6. The average molecular weight is 343 g/mol. The van der Waals surface area contributed by atoms with Crippen LogP contribution in [0.2, 0.25) is 0 Å². The van der Waals surface area contributed by atoms with Crippen LogP contribution >= 0.6 is 0 Å². The Kier molecular flexibility index (Phi) is 4.27. The monoisotopic (exact) mass is 343 g/mol. The maximum atomic E-state index is 13.8. The maximum absolute atomic E-state index is 13.8. The third-order valence-corrected chi connectivity index (χ3v) is 5.09. The van der Waals surface area contributed by atoms with Crippen LogP contribution in [0, 0.1) is 11.7 Å². The van der Waals surface area contributed by atoms with Crippen LogP contribution in [0.15, 0.2) is 30.6 Å². The molecule has 3 heterocycles. The first-order valence-electron chi connectivity index (χ1n) is 8.62. The minimum absolute atomic E-state index is 0.213. The summed E-state index contributed by atoms with van der Waals surface area (Å²) in [6, 6.07) is 4.95. The van der Waals surface area contributed by atoms with Crippen molar-refractivity contribution in [2.75, 3.05) is 13.1 Å². The van der Waals surface area contributed by atoms with Gasteiger partial charge in [-0.2, -0.15) is 0 Å². The van der Waals surface area contributed by atoms with E-state index >= 15 is 0 Å². The number of halogens is 1. The maximum Gasteiger partial charge on any atom is 0.151 e. The molecule has 1 unspecified atom stereocenters. The number of para-hydroxylation sites is 1. The Bertz CT molecular complexity index is 865. The lowest BCUT2D eigenvalue weighted by Gasteiger charge is -2.33. The number of hydrogen-bond donors (Lipinski definition) is 2. The van der Waals surface area contributed by atoms with Gasteiger partial charge in [0.25, 0.3) is 0 Å². The second-order valence-electron chi connectivity index (χ2n) is 6.77. The highest BCUT2D eigenvalue weighted by atomic mass is 19.1. The van der Waals surface area contributed by atoms with Gasteiger partial charge in [-0.25, -0.2) is 14.4 Å². The van der Waals surface area contributed by atoms with Gasteiger partial charge in [-0.1, -0.05) is 6.07 Å². The van der Waals surface area contributed by atoms with Crippen LogP contribution in [0.5, 0.6) is 0 Å². The van der Waals surface area contributed by atoms with Crippen molar-refractivity contribution in [3.05, 3.63) is 48.1 Å². The summed E-state index contributed by atoms with van der Waals surface area (Å²) in [6.07, 6.45) is 4.86. The van der Waals surface area contributed by atoms with E-state index in [1.807, 2.05) is 23.9 Å². The molecule has 4 rings (SSSR count). The molecule has 0 spiro atoms. The van der Waals surface area contributed by atoms with E-state index in [9.17, 15) is 9.50 Å². The van der Waals surface area contributed by atoms with Crippen molar-refractivity contribution in [1.29, 1.82) is 0 Å². The third-order valence-electron chi connectivity index (χ3n) is 5.09. The molecule has 2 N–H and O–H groups in total. The zero-order chi connectivity index (χ0) is 17.4. The van der Waals surface area contributed by atoms with E-state index in [4.69, 9.17) is 0 Å². The molecule has 0 bridgehead atoms. The van der Waals surface area contributed by atoms with E-state index in [0.29, 0.717) is 12.1 Å². The predicted molar refractivity (Wildman–Crippen MR) is 92.2 cm³/mol. The van der Waals surface area contributed by atoms with Crippen LogP contribution in [0.3, 0.4) is 0 Å². The number of imidazole rings is 2. The summed E-state index contributed by atoms with van der Waals surface area (Å²) in [6.45, 7) is 2.43. The van der Waals surface area contributed by atoms with Crippen LogP contribution in [0.25, 0.3) is 11.0 Å². The zero-order valence-corrected chi connectivity index (χ0v) is 14.2. The van der Waals surface area contributed by atoms with Crippen LogP contribution < -0.4 is 0 Å². The number of rotatable bonds is 4. The highest BCUT2D eigenvalue weighted by Gasteiger charge is 2.28.